The van der Waals surface area contributed by atoms with Crippen LogP contribution >= 0.6 is 0 Å². The highest BCUT2D eigenvalue weighted by Gasteiger charge is 2.16. The molecule has 5 nitrogen and oxygen atoms in total. The lowest BCUT2D eigenvalue weighted by molar-refractivity contribution is 0.102. The molecule has 0 atom stereocenters. The van der Waals surface area contributed by atoms with Crippen molar-refractivity contribution in [3.8, 4) is 0 Å². The van der Waals surface area contributed by atoms with Crippen LogP contribution in [0.5, 0.6) is 0 Å². The van der Waals surface area contributed by atoms with Gasteiger partial charge in [0.05, 0.1) is 4.90 Å². The number of hydrogen-bond acceptors (Lipinski definition) is 3. The van der Waals surface area contributed by atoms with E-state index in [0.717, 1.165) is 5.56 Å². The highest BCUT2D eigenvalue weighted by atomic mass is 32.2. The third kappa shape index (κ3) is 4.62. The lowest BCUT2D eigenvalue weighted by Crippen LogP contribution is -2.24. The van der Waals surface area contributed by atoms with E-state index in [0.29, 0.717) is 11.3 Å². The molecule has 0 heterocycles. The van der Waals surface area contributed by atoms with Crippen LogP contribution in [0.15, 0.2) is 77.7 Å². The molecule has 0 bridgehead atoms. The number of aryl methyl sites for hydroxylation is 1. The van der Waals surface area contributed by atoms with Crippen LogP contribution < -0.4 is 10.0 Å². The number of para-hydroxylation sites is 1. The Morgan fingerprint density at radius 3 is 2.25 bits per heavy atom. The zero-order chi connectivity index (χ0) is 20.1. The first-order valence-corrected chi connectivity index (χ1v) is 10.1. The number of carbonyl (C=O) groups is 1. The second kappa shape index (κ2) is 8.33. The molecule has 0 aliphatic rings. The summed E-state index contributed by atoms with van der Waals surface area (Å²) in [6, 6.07) is 18.9. The van der Waals surface area contributed by atoms with Gasteiger partial charge in [0, 0.05) is 23.4 Å². The summed E-state index contributed by atoms with van der Waals surface area (Å²) >= 11 is 0. The Kier molecular flexibility index (Phi) is 5.87. The lowest BCUT2D eigenvalue weighted by atomic mass is 10.1. The third-order valence-corrected chi connectivity index (χ3v) is 5.65. The molecule has 3 aromatic carbocycles. The minimum absolute atomic E-state index is 0.00344. The maximum atomic E-state index is 13.6. The van der Waals surface area contributed by atoms with E-state index in [1.165, 1.54) is 42.5 Å². The molecule has 3 aromatic rings. The summed E-state index contributed by atoms with van der Waals surface area (Å²) in [4.78, 5) is 12.4. The molecule has 0 aliphatic carbocycles. The van der Waals surface area contributed by atoms with Gasteiger partial charge in [0.2, 0.25) is 10.0 Å². The number of nitrogens with one attached hydrogen (secondary N) is 2. The van der Waals surface area contributed by atoms with Gasteiger partial charge < -0.3 is 5.32 Å². The van der Waals surface area contributed by atoms with Gasteiger partial charge in [0.15, 0.2) is 0 Å². The van der Waals surface area contributed by atoms with E-state index in [4.69, 9.17) is 0 Å². The van der Waals surface area contributed by atoms with Gasteiger partial charge >= 0.3 is 0 Å². The number of benzene rings is 3. The van der Waals surface area contributed by atoms with Crippen molar-refractivity contribution in [2.24, 2.45) is 0 Å². The van der Waals surface area contributed by atoms with Crippen LogP contribution in [0.4, 0.5) is 10.1 Å². The fourth-order valence-corrected chi connectivity index (χ4v) is 3.60. The van der Waals surface area contributed by atoms with E-state index >= 15 is 0 Å². The number of hydrogen-bond donors (Lipinski definition) is 2. The Bertz CT molecular complexity index is 1100. The van der Waals surface area contributed by atoms with Crippen molar-refractivity contribution in [1.82, 2.24) is 4.72 Å². The highest BCUT2D eigenvalue weighted by Crippen LogP contribution is 2.16. The molecule has 0 saturated heterocycles. The van der Waals surface area contributed by atoms with Crippen molar-refractivity contribution in [2.75, 3.05) is 5.32 Å². The van der Waals surface area contributed by atoms with Crippen LogP contribution in [-0.4, -0.2) is 14.3 Å². The Morgan fingerprint density at radius 1 is 0.929 bits per heavy atom. The molecule has 144 valence electrons. The fraction of sp³-hybridized carbons (Fsp3) is 0.0952. The number of rotatable bonds is 6. The smallest absolute Gasteiger partial charge is 0.255 e. The highest BCUT2D eigenvalue weighted by molar-refractivity contribution is 7.89. The van der Waals surface area contributed by atoms with Crippen molar-refractivity contribution in [2.45, 2.75) is 18.4 Å². The van der Waals surface area contributed by atoms with Crippen LogP contribution in [0.25, 0.3) is 0 Å². The van der Waals surface area contributed by atoms with Gasteiger partial charge in [-0.15, -0.1) is 0 Å². The van der Waals surface area contributed by atoms with Crippen LogP contribution in [0, 0.1) is 12.7 Å². The van der Waals surface area contributed by atoms with Crippen LogP contribution in [0.2, 0.25) is 0 Å². The van der Waals surface area contributed by atoms with Crippen LogP contribution in [0.1, 0.15) is 21.5 Å². The summed E-state index contributed by atoms with van der Waals surface area (Å²) in [5.41, 5.74) is 2.19. The molecule has 0 saturated carbocycles. The van der Waals surface area contributed by atoms with Gasteiger partial charge in [-0.2, -0.15) is 0 Å². The molecule has 3 rings (SSSR count). The van der Waals surface area contributed by atoms with E-state index in [2.05, 4.69) is 10.0 Å². The summed E-state index contributed by atoms with van der Waals surface area (Å²) in [7, 11) is -3.83. The number of anilines is 1. The number of sulfonamides is 1. The van der Waals surface area contributed by atoms with E-state index in [-0.39, 0.29) is 22.9 Å². The summed E-state index contributed by atoms with van der Waals surface area (Å²) in [5, 5.41) is 2.79. The SMILES string of the molecule is Cc1ccccc1NC(=O)c1ccc(S(=O)(=O)NCc2ccccc2F)cc1. The molecular weight excluding hydrogens is 379 g/mol. The van der Waals surface area contributed by atoms with Gasteiger partial charge in [-0.25, -0.2) is 17.5 Å². The van der Waals surface area contributed by atoms with Crippen molar-refractivity contribution >= 4 is 21.6 Å². The lowest BCUT2D eigenvalue weighted by Gasteiger charge is -2.10. The second-order valence-electron chi connectivity index (χ2n) is 6.21. The quantitative estimate of drug-likeness (QED) is 0.662. The maximum absolute atomic E-state index is 13.6. The maximum Gasteiger partial charge on any atom is 0.255 e. The Morgan fingerprint density at radius 2 is 1.57 bits per heavy atom. The summed E-state index contributed by atoms with van der Waals surface area (Å²) in [5.74, 6) is -0.814. The molecule has 0 fully saturated rings. The van der Waals surface area contributed by atoms with Crippen molar-refractivity contribution < 1.29 is 17.6 Å². The average Bonchev–Trinajstić information content (AvgIpc) is 2.69. The largest absolute Gasteiger partial charge is 0.322 e. The van der Waals surface area contributed by atoms with E-state index in [1.54, 1.807) is 12.1 Å². The summed E-state index contributed by atoms with van der Waals surface area (Å²) < 4.78 is 40.8. The molecule has 2 N–H and O–H groups in total. The van der Waals surface area contributed by atoms with Gasteiger partial charge in [0.25, 0.3) is 5.91 Å². The van der Waals surface area contributed by atoms with Crippen molar-refractivity contribution in [1.29, 1.82) is 0 Å². The zero-order valence-corrected chi connectivity index (χ0v) is 16.0. The Balaban J connectivity index is 1.70. The molecular formula is C21H19FN2O3S. The first-order chi connectivity index (χ1) is 13.4. The standard InChI is InChI=1S/C21H19FN2O3S/c1-15-6-2-5-9-20(15)24-21(25)16-10-12-18(13-11-16)28(26,27)23-14-17-7-3-4-8-19(17)22/h2-13,23H,14H2,1H3,(H,24,25). The molecule has 7 heteroatoms. The third-order valence-electron chi connectivity index (χ3n) is 4.23. The molecule has 0 aliphatic heterocycles. The Labute approximate surface area is 163 Å². The first-order valence-electron chi connectivity index (χ1n) is 8.57. The summed E-state index contributed by atoms with van der Waals surface area (Å²) in [6.45, 7) is 1.72. The van der Waals surface area contributed by atoms with Crippen LogP contribution in [-0.2, 0) is 16.6 Å². The number of carbonyl (C=O) groups excluding carboxylic acids is 1. The number of amides is 1. The predicted molar refractivity (Wildman–Crippen MR) is 106 cm³/mol. The average molecular weight is 398 g/mol. The normalized spacial score (nSPS) is 11.2. The molecule has 1 amide bonds. The fourth-order valence-electron chi connectivity index (χ4n) is 2.59. The predicted octanol–water partition coefficient (Wildman–Crippen LogP) is 3.86. The van der Waals surface area contributed by atoms with Gasteiger partial charge in [-0.05, 0) is 48.9 Å². The minimum Gasteiger partial charge on any atom is -0.322 e. The van der Waals surface area contributed by atoms with Gasteiger partial charge in [-0.3, -0.25) is 4.79 Å². The van der Waals surface area contributed by atoms with Crippen molar-refractivity contribution in [3.05, 3.63) is 95.3 Å². The number of halogens is 1. The van der Waals surface area contributed by atoms with E-state index in [9.17, 15) is 17.6 Å². The van der Waals surface area contributed by atoms with E-state index in [1.807, 2.05) is 25.1 Å². The van der Waals surface area contributed by atoms with Crippen molar-refractivity contribution in [3.63, 3.8) is 0 Å². The topological polar surface area (TPSA) is 75.3 Å². The summed E-state index contributed by atoms with van der Waals surface area (Å²) in [6.07, 6.45) is 0. The minimum atomic E-state index is -3.83. The molecule has 0 radical (unpaired) electrons. The first kappa shape index (κ1) is 19.7. The molecule has 0 spiro atoms. The van der Waals surface area contributed by atoms with Crippen LogP contribution in [0.3, 0.4) is 0 Å². The zero-order valence-electron chi connectivity index (χ0n) is 15.1. The molecule has 0 aromatic heterocycles. The monoisotopic (exact) mass is 398 g/mol. The Hall–Kier alpha value is -3.03. The molecule has 28 heavy (non-hydrogen) atoms. The second-order valence-corrected chi connectivity index (χ2v) is 7.98. The van der Waals surface area contributed by atoms with E-state index < -0.39 is 15.8 Å². The van der Waals surface area contributed by atoms with Gasteiger partial charge in [0.1, 0.15) is 5.82 Å². The van der Waals surface area contributed by atoms with Gasteiger partial charge in [-0.1, -0.05) is 36.4 Å². The molecule has 0 unspecified atom stereocenters.